The first-order valence-electron chi connectivity index (χ1n) is 7.58. The van der Waals surface area contributed by atoms with Gasteiger partial charge in [0.1, 0.15) is 5.75 Å². The molecule has 116 valence electrons. The molecule has 2 heterocycles. The molecule has 1 aromatic rings. The van der Waals surface area contributed by atoms with Crippen LogP contribution in [0.1, 0.15) is 44.0 Å². The van der Waals surface area contributed by atoms with Crippen LogP contribution in [0.25, 0.3) is 0 Å². The third-order valence-electron chi connectivity index (χ3n) is 4.46. The van der Waals surface area contributed by atoms with Gasteiger partial charge < -0.3 is 10.2 Å². The third kappa shape index (κ3) is 3.53. The zero-order valence-corrected chi connectivity index (χ0v) is 12.8. The Bertz CT molecular complexity index is 508. The topological polar surface area (TPSA) is 73.7 Å². The minimum atomic E-state index is -0.666. The Morgan fingerprint density at radius 2 is 2.05 bits per heavy atom. The second-order valence-corrected chi connectivity index (χ2v) is 6.03. The molecule has 0 saturated carbocycles. The molecule has 1 aliphatic rings. The Balaban J connectivity index is 2.00. The molecule has 2 rings (SSSR count). The summed E-state index contributed by atoms with van der Waals surface area (Å²) in [5.74, 6) is -0.454. The zero-order valence-electron chi connectivity index (χ0n) is 12.8. The first-order valence-corrected chi connectivity index (χ1v) is 7.58. The van der Waals surface area contributed by atoms with Gasteiger partial charge in [-0.2, -0.15) is 0 Å². The van der Waals surface area contributed by atoms with Crippen molar-refractivity contribution in [2.75, 3.05) is 13.1 Å². The summed E-state index contributed by atoms with van der Waals surface area (Å²) < 4.78 is 0. The van der Waals surface area contributed by atoms with E-state index in [1.54, 1.807) is 12.1 Å². The predicted molar refractivity (Wildman–Crippen MR) is 80.1 cm³/mol. The molecule has 0 radical (unpaired) electrons. The zero-order chi connectivity index (χ0) is 15.5. The van der Waals surface area contributed by atoms with Crippen LogP contribution in [-0.4, -0.2) is 39.2 Å². The van der Waals surface area contributed by atoms with E-state index >= 15 is 0 Å². The van der Waals surface area contributed by atoms with Crippen LogP contribution in [0.4, 0.5) is 0 Å². The molecule has 1 aliphatic heterocycles. The van der Waals surface area contributed by atoms with E-state index in [0.717, 1.165) is 31.6 Å². The van der Waals surface area contributed by atoms with Crippen LogP contribution in [0.3, 0.4) is 0 Å². The molecule has 2 N–H and O–H groups in total. The highest BCUT2D eigenvalue weighted by Crippen LogP contribution is 2.37. The molecule has 0 aliphatic carbocycles. The first-order chi connectivity index (χ1) is 9.97. The second kappa shape index (κ2) is 6.43. The van der Waals surface area contributed by atoms with Crippen LogP contribution in [0.5, 0.6) is 5.75 Å². The summed E-state index contributed by atoms with van der Waals surface area (Å²) in [6.07, 6.45) is 2.97. The fourth-order valence-electron chi connectivity index (χ4n) is 3.12. The van der Waals surface area contributed by atoms with E-state index in [1.807, 2.05) is 13.8 Å². The molecule has 0 atom stereocenters. The van der Waals surface area contributed by atoms with E-state index in [9.17, 15) is 15.0 Å². The highest BCUT2D eigenvalue weighted by atomic mass is 16.4. The van der Waals surface area contributed by atoms with Crippen molar-refractivity contribution in [3.63, 3.8) is 0 Å². The molecule has 5 nitrogen and oxygen atoms in total. The SMILES string of the molecule is CCCC1(C(=O)O)CCN(Cc2nc(C)ccc2O)CC1. The summed E-state index contributed by atoms with van der Waals surface area (Å²) in [5, 5.41) is 19.4. The van der Waals surface area contributed by atoms with Crippen LogP contribution in [0, 0.1) is 12.3 Å². The summed E-state index contributed by atoms with van der Waals surface area (Å²) in [6, 6.07) is 3.45. The predicted octanol–water partition coefficient (Wildman–Crippen LogP) is 2.56. The van der Waals surface area contributed by atoms with Crippen molar-refractivity contribution < 1.29 is 15.0 Å². The molecule has 0 aromatic carbocycles. The number of carboxylic acids is 1. The van der Waals surface area contributed by atoms with Gasteiger partial charge in [0.15, 0.2) is 0 Å². The number of carbonyl (C=O) groups is 1. The smallest absolute Gasteiger partial charge is 0.309 e. The lowest BCUT2D eigenvalue weighted by Crippen LogP contribution is -2.44. The number of aryl methyl sites for hydroxylation is 1. The highest BCUT2D eigenvalue weighted by Gasteiger charge is 2.40. The van der Waals surface area contributed by atoms with Gasteiger partial charge in [-0.1, -0.05) is 13.3 Å². The molecule has 0 spiro atoms. The largest absolute Gasteiger partial charge is 0.506 e. The number of carboxylic acid groups (broad SMARTS) is 1. The van der Waals surface area contributed by atoms with Gasteiger partial charge in [-0.05, 0) is 51.4 Å². The van der Waals surface area contributed by atoms with Gasteiger partial charge in [0.2, 0.25) is 0 Å². The molecule has 0 unspecified atom stereocenters. The van der Waals surface area contributed by atoms with E-state index in [-0.39, 0.29) is 5.75 Å². The van der Waals surface area contributed by atoms with Crippen molar-refractivity contribution >= 4 is 5.97 Å². The number of aliphatic carboxylic acids is 1. The number of nitrogens with zero attached hydrogens (tertiary/aromatic N) is 2. The van der Waals surface area contributed by atoms with Crippen molar-refractivity contribution in [3.8, 4) is 5.75 Å². The minimum absolute atomic E-state index is 0.212. The van der Waals surface area contributed by atoms with E-state index in [1.165, 1.54) is 0 Å². The van der Waals surface area contributed by atoms with Crippen LogP contribution >= 0.6 is 0 Å². The quantitative estimate of drug-likeness (QED) is 0.872. The average molecular weight is 292 g/mol. The van der Waals surface area contributed by atoms with Crippen molar-refractivity contribution in [1.29, 1.82) is 0 Å². The normalized spacial score (nSPS) is 18.6. The lowest BCUT2D eigenvalue weighted by Gasteiger charge is -2.38. The van der Waals surface area contributed by atoms with E-state index in [0.29, 0.717) is 25.1 Å². The summed E-state index contributed by atoms with van der Waals surface area (Å²) in [7, 11) is 0. The van der Waals surface area contributed by atoms with Gasteiger partial charge >= 0.3 is 5.97 Å². The van der Waals surface area contributed by atoms with Crippen molar-refractivity contribution in [1.82, 2.24) is 9.88 Å². The summed E-state index contributed by atoms with van der Waals surface area (Å²) in [5.41, 5.74) is 0.992. The van der Waals surface area contributed by atoms with Gasteiger partial charge in [0.05, 0.1) is 11.1 Å². The summed E-state index contributed by atoms with van der Waals surface area (Å²) in [4.78, 5) is 18.1. The molecule has 0 amide bonds. The Hall–Kier alpha value is -1.62. The fourth-order valence-corrected chi connectivity index (χ4v) is 3.12. The lowest BCUT2D eigenvalue weighted by atomic mass is 9.75. The Morgan fingerprint density at radius 1 is 1.38 bits per heavy atom. The van der Waals surface area contributed by atoms with Crippen LogP contribution in [-0.2, 0) is 11.3 Å². The lowest BCUT2D eigenvalue weighted by molar-refractivity contribution is -0.152. The number of hydrogen-bond donors (Lipinski definition) is 2. The Labute approximate surface area is 125 Å². The highest BCUT2D eigenvalue weighted by molar-refractivity contribution is 5.74. The van der Waals surface area contributed by atoms with E-state index in [2.05, 4.69) is 9.88 Å². The van der Waals surface area contributed by atoms with Crippen LogP contribution < -0.4 is 0 Å². The molecule has 1 fully saturated rings. The number of pyridine rings is 1. The number of rotatable bonds is 5. The number of hydrogen-bond acceptors (Lipinski definition) is 4. The fraction of sp³-hybridized carbons (Fsp3) is 0.625. The molecule has 0 bridgehead atoms. The van der Waals surface area contributed by atoms with Gasteiger partial charge in [0.25, 0.3) is 0 Å². The summed E-state index contributed by atoms with van der Waals surface area (Å²) >= 11 is 0. The number of piperidine rings is 1. The molecular weight excluding hydrogens is 268 g/mol. The van der Waals surface area contributed by atoms with E-state index in [4.69, 9.17) is 0 Å². The van der Waals surface area contributed by atoms with Crippen molar-refractivity contribution in [2.45, 2.75) is 46.1 Å². The molecular formula is C16H24N2O3. The van der Waals surface area contributed by atoms with Gasteiger partial charge in [0, 0.05) is 12.2 Å². The van der Waals surface area contributed by atoms with Crippen molar-refractivity contribution in [3.05, 3.63) is 23.5 Å². The van der Waals surface area contributed by atoms with Gasteiger partial charge in [-0.25, -0.2) is 0 Å². The Morgan fingerprint density at radius 3 is 2.62 bits per heavy atom. The van der Waals surface area contributed by atoms with Crippen molar-refractivity contribution in [2.24, 2.45) is 5.41 Å². The van der Waals surface area contributed by atoms with Gasteiger partial charge in [-0.15, -0.1) is 0 Å². The molecule has 21 heavy (non-hydrogen) atoms. The maximum absolute atomic E-state index is 11.6. The maximum Gasteiger partial charge on any atom is 0.309 e. The number of aromatic nitrogens is 1. The maximum atomic E-state index is 11.6. The number of likely N-dealkylation sites (tertiary alicyclic amines) is 1. The first kappa shape index (κ1) is 15.8. The molecule has 1 saturated heterocycles. The summed E-state index contributed by atoms with van der Waals surface area (Å²) in [6.45, 7) is 5.99. The third-order valence-corrected chi connectivity index (χ3v) is 4.46. The minimum Gasteiger partial charge on any atom is -0.506 e. The van der Waals surface area contributed by atoms with Crippen LogP contribution in [0.15, 0.2) is 12.1 Å². The second-order valence-electron chi connectivity index (χ2n) is 6.03. The standard InChI is InChI=1S/C16H24N2O3/c1-3-6-16(15(20)21)7-9-18(10-8-16)11-13-14(19)5-4-12(2)17-13/h4-5,19H,3,6-11H2,1-2H3,(H,20,21). The molecule has 5 heteroatoms. The monoisotopic (exact) mass is 292 g/mol. The van der Waals surface area contributed by atoms with Gasteiger partial charge in [-0.3, -0.25) is 14.7 Å². The van der Waals surface area contributed by atoms with Crippen LogP contribution in [0.2, 0.25) is 0 Å². The van der Waals surface area contributed by atoms with E-state index < -0.39 is 11.4 Å². The molecule has 1 aromatic heterocycles. The Kier molecular flexibility index (Phi) is 4.83. The number of aromatic hydroxyl groups is 1. The average Bonchev–Trinajstić information content (AvgIpc) is 2.45.